The van der Waals surface area contributed by atoms with Crippen LogP contribution in [0.5, 0.6) is 0 Å². The van der Waals surface area contributed by atoms with Gasteiger partial charge >= 0.3 is 0 Å². The second kappa shape index (κ2) is 8.80. The van der Waals surface area contributed by atoms with E-state index in [0.29, 0.717) is 0 Å². The van der Waals surface area contributed by atoms with E-state index in [-0.39, 0.29) is 16.1 Å². The van der Waals surface area contributed by atoms with Crippen LogP contribution >= 0.6 is 0 Å². The van der Waals surface area contributed by atoms with Gasteiger partial charge in [-0.1, -0.05) is 42.5 Å². The molecular formula is C20H18N4O5S. The first-order valence-electron chi connectivity index (χ1n) is 8.79. The van der Waals surface area contributed by atoms with Gasteiger partial charge in [0.15, 0.2) is 0 Å². The number of amides is 1. The van der Waals surface area contributed by atoms with E-state index in [2.05, 4.69) is 10.5 Å². The number of nitrogens with zero attached hydrogens (tertiary/aromatic N) is 3. The molecule has 0 aliphatic heterocycles. The van der Waals surface area contributed by atoms with Crippen LogP contribution in [-0.2, 0) is 14.8 Å². The number of para-hydroxylation sites is 1. The first-order chi connectivity index (χ1) is 14.3. The first kappa shape index (κ1) is 21.1. The lowest BCUT2D eigenvalue weighted by Crippen LogP contribution is -2.36. The molecule has 0 aromatic heterocycles. The van der Waals surface area contributed by atoms with Crippen molar-refractivity contribution < 1.29 is 18.1 Å². The van der Waals surface area contributed by atoms with Gasteiger partial charge in [-0.2, -0.15) is 9.41 Å². The number of benzene rings is 3. The van der Waals surface area contributed by atoms with Gasteiger partial charge in [0.05, 0.1) is 28.1 Å². The van der Waals surface area contributed by atoms with Crippen LogP contribution in [0.3, 0.4) is 0 Å². The molecule has 0 fully saturated rings. The van der Waals surface area contributed by atoms with Gasteiger partial charge in [0, 0.05) is 13.1 Å². The van der Waals surface area contributed by atoms with E-state index >= 15 is 0 Å². The molecule has 10 heteroatoms. The number of fused-ring (bicyclic) bond motifs is 1. The van der Waals surface area contributed by atoms with Crippen molar-refractivity contribution in [3.63, 3.8) is 0 Å². The summed E-state index contributed by atoms with van der Waals surface area (Å²) >= 11 is 0. The smallest absolute Gasteiger partial charge is 0.272 e. The van der Waals surface area contributed by atoms with Crippen LogP contribution in [0.2, 0.25) is 0 Å². The summed E-state index contributed by atoms with van der Waals surface area (Å²) in [5.41, 5.74) is 2.23. The summed E-state index contributed by atoms with van der Waals surface area (Å²) in [7, 11) is -2.60. The van der Waals surface area contributed by atoms with Crippen LogP contribution in [0.25, 0.3) is 10.8 Å². The largest absolute Gasteiger partial charge is 0.278 e. The SMILES string of the molecule is CN(CC(=O)N/N=C/c1ccccc1[N+](=O)[O-])S(=O)(=O)c1ccc2ccccc2c1. The van der Waals surface area contributed by atoms with E-state index in [1.807, 2.05) is 18.2 Å². The van der Waals surface area contributed by atoms with Crippen molar-refractivity contribution >= 4 is 38.6 Å². The Kier molecular flexibility index (Phi) is 6.19. The fourth-order valence-electron chi connectivity index (χ4n) is 2.77. The number of likely N-dealkylation sites (N-methyl/N-ethyl adjacent to an activating group) is 1. The Bertz CT molecular complexity index is 1240. The molecule has 0 spiro atoms. The molecule has 1 N–H and O–H groups in total. The molecule has 0 aliphatic carbocycles. The number of carbonyl (C=O) groups excluding carboxylic acids is 1. The summed E-state index contributed by atoms with van der Waals surface area (Å²) in [6, 6.07) is 18.0. The zero-order valence-corrected chi connectivity index (χ0v) is 16.7. The van der Waals surface area contributed by atoms with Gasteiger partial charge in [-0.05, 0) is 29.0 Å². The van der Waals surface area contributed by atoms with E-state index in [4.69, 9.17) is 0 Å². The Morgan fingerprint density at radius 2 is 1.77 bits per heavy atom. The predicted molar refractivity (Wildman–Crippen MR) is 113 cm³/mol. The number of nitro groups is 1. The average molecular weight is 426 g/mol. The molecule has 9 nitrogen and oxygen atoms in total. The number of sulfonamides is 1. The van der Waals surface area contributed by atoms with Crippen molar-refractivity contribution in [2.45, 2.75) is 4.90 Å². The molecular weight excluding hydrogens is 408 g/mol. The van der Waals surface area contributed by atoms with Gasteiger partial charge < -0.3 is 0 Å². The molecule has 0 saturated heterocycles. The Balaban J connectivity index is 1.68. The second-order valence-corrected chi connectivity index (χ2v) is 8.42. The number of rotatable bonds is 7. The molecule has 0 radical (unpaired) electrons. The summed E-state index contributed by atoms with van der Waals surface area (Å²) in [6.45, 7) is -0.469. The maximum Gasteiger partial charge on any atom is 0.278 e. The van der Waals surface area contributed by atoms with Crippen molar-refractivity contribution in [1.29, 1.82) is 0 Å². The fourth-order valence-corrected chi connectivity index (χ4v) is 3.93. The van der Waals surface area contributed by atoms with Gasteiger partial charge in [0.25, 0.3) is 11.6 Å². The van der Waals surface area contributed by atoms with E-state index in [9.17, 15) is 23.3 Å². The Morgan fingerprint density at radius 3 is 2.50 bits per heavy atom. The lowest BCUT2D eigenvalue weighted by atomic mass is 10.1. The van der Waals surface area contributed by atoms with Crippen molar-refractivity contribution in [1.82, 2.24) is 9.73 Å². The summed E-state index contributed by atoms with van der Waals surface area (Å²) in [4.78, 5) is 22.6. The molecule has 0 unspecified atom stereocenters. The minimum absolute atomic E-state index is 0.0694. The number of hydrazone groups is 1. The molecule has 1 amide bonds. The topological polar surface area (TPSA) is 122 Å². The normalized spacial score (nSPS) is 11.8. The monoisotopic (exact) mass is 426 g/mol. The lowest BCUT2D eigenvalue weighted by Gasteiger charge is -2.16. The van der Waals surface area contributed by atoms with Crippen molar-refractivity contribution in [3.05, 3.63) is 82.4 Å². The maximum absolute atomic E-state index is 12.8. The number of nitrogens with one attached hydrogen (secondary N) is 1. The number of carbonyl (C=O) groups is 1. The van der Waals surface area contributed by atoms with Crippen molar-refractivity contribution in [2.24, 2.45) is 5.10 Å². The Labute approximate surface area is 172 Å². The molecule has 0 aliphatic rings. The minimum atomic E-state index is -3.89. The van der Waals surface area contributed by atoms with E-state index in [0.717, 1.165) is 21.3 Å². The number of nitro benzene ring substituents is 1. The average Bonchev–Trinajstić information content (AvgIpc) is 2.73. The third kappa shape index (κ3) is 4.67. The predicted octanol–water partition coefficient (Wildman–Crippen LogP) is 2.52. The number of hydrogen-bond acceptors (Lipinski definition) is 6. The highest BCUT2D eigenvalue weighted by Crippen LogP contribution is 2.21. The molecule has 3 rings (SSSR count). The molecule has 0 bridgehead atoms. The van der Waals surface area contributed by atoms with Crippen LogP contribution in [-0.4, -0.2) is 43.4 Å². The Morgan fingerprint density at radius 1 is 1.10 bits per heavy atom. The molecule has 30 heavy (non-hydrogen) atoms. The van der Waals surface area contributed by atoms with Gasteiger partial charge in [-0.3, -0.25) is 14.9 Å². The zero-order valence-electron chi connectivity index (χ0n) is 15.9. The highest BCUT2D eigenvalue weighted by atomic mass is 32.2. The molecule has 3 aromatic rings. The lowest BCUT2D eigenvalue weighted by molar-refractivity contribution is -0.385. The minimum Gasteiger partial charge on any atom is -0.272 e. The highest BCUT2D eigenvalue weighted by Gasteiger charge is 2.23. The van der Waals surface area contributed by atoms with Gasteiger partial charge in [0.2, 0.25) is 10.0 Å². The van der Waals surface area contributed by atoms with Crippen LogP contribution in [0.15, 0.2) is 76.7 Å². The summed E-state index contributed by atoms with van der Waals surface area (Å²) in [6.07, 6.45) is 1.13. The highest BCUT2D eigenvalue weighted by molar-refractivity contribution is 7.89. The van der Waals surface area contributed by atoms with Crippen LogP contribution < -0.4 is 5.43 Å². The first-order valence-corrected chi connectivity index (χ1v) is 10.2. The second-order valence-electron chi connectivity index (χ2n) is 6.38. The van der Waals surface area contributed by atoms with Gasteiger partial charge in [-0.25, -0.2) is 13.8 Å². The standard InChI is InChI=1S/C20H18N4O5S/c1-23(30(28,29)18-11-10-15-6-2-3-7-16(15)12-18)14-20(25)22-21-13-17-8-4-5-9-19(17)24(26)27/h2-13H,14H2,1H3,(H,22,25)/b21-13+. The van der Waals surface area contributed by atoms with Gasteiger partial charge in [0.1, 0.15) is 0 Å². The molecule has 0 heterocycles. The molecule has 3 aromatic carbocycles. The maximum atomic E-state index is 12.8. The summed E-state index contributed by atoms with van der Waals surface area (Å²) < 4.78 is 26.4. The molecule has 154 valence electrons. The third-order valence-corrected chi connectivity index (χ3v) is 6.12. The molecule has 0 saturated carbocycles. The van der Waals surface area contributed by atoms with Gasteiger partial charge in [-0.15, -0.1) is 0 Å². The van der Waals surface area contributed by atoms with E-state index in [1.165, 1.54) is 31.3 Å². The van der Waals surface area contributed by atoms with Crippen LogP contribution in [0.1, 0.15) is 5.56 Å². The van der Waals surface area contributed by atoms with E-state index < -0.39 is 27.4 Å². The zero-order chi connectivity index (χ0) is 21.7. The number of hydrogen-bond donors (Lipinski definition) is 1. The third-order valence-electron chi connectivity index (χ3n) is 4.32. The van der Waals surface area contributed by atoms with E-state index in [1.54, 1.807) is 24.3 Å². The van der Waals surface area contributed by atoms with Crippen LogP contribution in [0.4, 0.5) is 5.69 Å². The van der Waals surface area contributed by atoms with Crippen molar-refractivity contribution in [3.8, 4) is 0 Å². The van der Waals surface area contributed by atoms with Crippen molar-refractivity contribution in [2.75, 3.05) is 13.6 Å². The Hall–Kier alpha value is -3.63. The molecule has 0 atom stereocenters. The fraction of sp³-hybridized carbons (Fsp3) is 0.100. The summed E-state index contributed by atoms with van der Waals surface area (Å²) in [5, 5.41) is 16.3. The quantitative estimate of drug-likeness (QED) is 0.353. The van der Waals surface area contributed by atoms with Crippen LogP contribution in [0, 0.1) is 10.1 Å². The summed E-state index contributed by atoms with van der Waals surface area (Å²) in [5.74, 6) is -0.684.